The maximum Gasteiger partial charge on any atom is 0.273 e. The molecular formula is C12H17N5O2S. The predicted octanol–water partition coefficient (Wildman–Crippen LogP) is 0.952. The van der Waals surface area contributed by atoms with E-state index < -0.39 is 10.0 Å². The Morgan fingerprint density at radius 2 is 2.05 bits per heavy atom. The average molecular weight is 295 g/mol. The molecule has 0 amide bonds. The normalized spacial score (nSPS) is 12.1. The molecule has 0 saturated carbocycles. The van der Waals surface area contributed by atoms with Gasteiger partial charge >= 0.3 is 0 Å². The van der Waals surface area contributed by atoms with Crippen molar-refractivity contribution in [3.05, 3.63) is 24.0 Å². The van der Waals surface area contributed by atoms with Gasteiger partial charge in [0.2, 0.25) is 0 Å². The molecule has 0 aliphatic rings. The smallest absolute Gasteiger partial charge is 0.273 e. The van der Waals surface area contributed by atoms with Crippen molar-refractivity contribution in [2.45, 2.75) is 32.5 Å². The van der Waals surface area contributed by atoms with Crippen molar-refractivity contribution in [3.63, 3.8) is 0 Å². The van der Waals surface area contributed by atoms with Crippen molar-refractivity contribution in [3.8, 4) is 11.4 Å². The molecular weight excluding hydrogens is 278 g/mol. The molecule has 2 aromatic rings. The van der Waals surface area contributed by atoms with Crippen LogP contribution in [0.4, 0.5) is 0 Å². The summed E-state index contributed by atoms with van der Waals surface area (Å²) >= 11 is 0. The highest BCUT2D eigenvalue weighted by Crippen LogP contribution is 2.21. The van der Waals surface area contributed by atoms with Crippen molar-refractivity contribution in [2.24, 2.45) is 11.1 Å². The second-order valence-electron chi connectivity index (χ2n) is 5.04. The van der Waals surface area contributed by atoms with Crippen molar-refractivity contribution < 1.29 is 8.42 Å². The standard InChI is InChI=1S/C12H17N5O2S/c1-8(2)7-17-11(10-4-5-14-9(3)6-10)15-16-12(17)20(13,18)19/h4-6,8H,7H2,1-3H3,(H2,13,18,19). The first-order chi connectivity index (χ1) is 9.29. The van der Waals surface area contributed by atoms with Crippen LogP contribution in [0.5, 0.6) is 0 Å². The van der Waals surface area contributed by atoms with Gasteiger partial charge in [-0.25, -0.2) is 13.6 Å². The molecule has 0 saturated heterocycles. The topological polar surface area (TPSA) is 104 Å². The van der Waals surface area contributed by atoms with Crippen LogP contribution in [0.3, 0.4) is 0 Å². The van der Waals surface area contributed by atoms with Gasteiger partial charge in [-0.3, -0.25) is 9.55 Å². The maximum absolute atomic E-state index is 11.6. The minimum atomic E-state index is -3.90. The van der Waals surface area contributed by atoms with Crippen LogP contribution in [0.1, 0.15) is 19.5 Å². The lowest BCUT2D eigenvalue weighted by atomic mass is 10.2. The summed E-state index contributed by atoms with van der Waals surface area (Å²) < 4.78 is 24.7. The largest absolute Gasteiger partial charge is 0.296 e. The van der Waals surface area contributed by atoms with E-state index in [-0.39, 0.29) is 11.1 Å². The third-order valence-electron chi connectivity index (χ3n) is 2.67. The van der Waals surface area contributed by atoms with E-state index in [1.807, 2.05) is 26.8 Å². The third kappa shape index (κ3) is 3.02. The van der Waals surface area contributed by atoms with Crippen LogP contribution in [0.2, 0.25) is 0 Å². The zero-order chi connectivity index (χ0) is 14.9. The van der Waals surface area contributed by atoms with Gasteiger partial charge in [0.1, 0.15) is 0 Å². The van der Waals surface area contributed by atoms with Gasteiger partial charge in [-0.05, 0) is 25.0 Å². The number of nitrogens with two attached hydrogens (primary N) is 1. The minimum absolute atomic E-state index is 0.212. The highest BCUT2D eigenvalue weighted by molar-refractivity contribution is 7.89. The highest BCUT2D eigenvalue weighted by atomic mass is 32.2. The van der Waals surface area contributed by atoms with E-state index in [9.17, 15) is 8.42 Å². The van der Waals surface area contributed by atoms with Crippen LogP contribution in [0.25, 0.3) is 11.4 Å². The number of hydrogen-bond acceptors (Lipinski definition) is 5. The lowest BCUT2D eigenvalue weighted by Crippen LogP contribution is -2.20. The molecule has 2 aromatic heterocycles. The number of aryl methyl sites for hydroxylation is 1. The molecule has 7 nitrogen and oxygen atoms in total. The Kier molecular flexibility index (Phi) is 3.87. The summed E-state index contributed by atoms with van der Waals surface area (Å²) in [4.78, 5) is 4.11. The Morgan fingerprint density at radius 3 is 2.60 bits per heavy atom. The molecule has 108 valence electrons. The zero-order valence-electron chi connectivity index (χ0n) is 11.6. The lowest BCUT2D eigenvalue weighted by Gasteiger charge is -2.11. The Morgan fingerprint density at radius 1 is 1.35 bits per heavy atom. The molecule has 0 aliphatic heterocycles. The predicted molar refractivity (Wildman–Crippen MR) is 74.2 cm³/mol. The van der Waals surface area contributed by atoms with Crippen molar-refractivity contribution in [1.29, 1.82) is 0 Å². The van der Waals surface area contributed by atoms with E-state index >= 15 is 0 Å². The van der Waals surface area contributed by atoms with E-state index in [4.69, 9.17) is 5.14 Å². The van der Waals surface area contributed by atoms with Crippen molar-refractivity contribution in [2.75, 3.05) is 0 Å². The van der Waals surface area contributed by atoms with Crippen LogP contribution in [-0.4, -0.2) is 28.2 Å². The Labute approximate surface area is 117 Å². The first-order valence-electron chi connectivity index (χ1n) is 6.18. The van der Waals surface area contributed by atoms with E-state index in [2.05, 4.69) is 15.2 Å². The summed E-state index contributed by atoms with van der Waals surface area (Å²) in [6.07, 6.45) is 1.65. The summed E-state index contributed by atoms with van der Waals surface area (Å²) in [6, 6.07) is 3.59. The molecule has 0 aromatic carbocycles. The maximum atomic E-state index is 11.6. The minimum Gasteiger partial charge on any atom is -0.296 e. The van der Waals surface area contributed by atoms with E-state index in [0.29, 0.717) is 12.4 Å². The Balaban J connectivity index is 2.62. The summed E-state index contributed by atoms with van der Waals surface area (Å²) in [6.45, 7) is 6.28. The average Bonchev–Trinajstić information content (AvgIpc) is 2.71. The first-order valence-corrected chi connectivity index (χ1v) is 7.72. The summed E-state index contributed by atoms with van der Waals surface area (Å²) in [5.74, 6) is 0.710. The van der Waals surface area contributed by atoms with E-state index in [1.165, 1.54) is 4.57 Å². The number of sulfonamides is 1. The number of aromatic nitrogens is 4. The second-order valence-corrected chi connectivity index (χ2v) is 6.50. The quantitative estimate of drug-likeness (QED) is 0.904. The Bertz CT molecular complexity index is 721. The zero-order valence-corrected chi connectivity index (χ0v) is 12.4. The van der Waals surface area contributed by atoms with Crippen molar-refractivity contribution in [1.82, 2.24) is 19.7 Å². The monoisotopic (exact) mass is 295 g/mol. The number of rotatable bonds is 4. The molecule has 0 unspecified atom stereocenters. The van der Waals surface area contributed by atoms with Gasteiger partial charge in [-0.1, -0.05) is 13.8 Å². The van der Waals surface area contributed by atoms with E-state index in [1.54, 1.807) is 12.3 Å². The number of hydrogen-bond donors (Lipinski definition) is 1. The molecule has 20 heavy (non-hydrogen) atoms. The van der Waals surface area contributed by atoms with Gasteiger partial charge in [-0.2, -0.15) is 0 Å². The molecule has 0 fully saturated rings. The molecule has 2 N–H and O–H groups in total. The summed E-state index contributed by atoms with van der Waals surface area (Å²) in [5.41, 5.74) is 1.58. The molecule has 0 bridgehead atoms. The molecule has 0 radical (unpaired) electrons. The summed E-state index contributed by atoms with van der Waals surface area (Å²) in [5, 5.41) is 12.7. The Hall–Kier alpha value is -1.80. The summed E-state index contributed by atoms with van der Waals surface area (Å²) in [7, 11) is -3.90. The van der Waals surface area contributed by atoms with Gasteiger partial charge < -0.3 is 0 Å². The van der Waals surface area contributed by atoms with Crippen molar-refractivity contribution >= 4 is 10.0 Å². The molecule has 8 heteroatoms. The van der Waals surface area contributed by atoms with E-state index in [0.717, 1.165) is 11.3 Å². The molecule has 0 spiro atoms. The fraction of sp³-hybridized carbons (Fsp3) is 0.417. The number of pyridine rings is 1. The number of primary sulfonamides is 1. The van der Waals surface area contributed by atoms with Gasteiger partial charge in [0.15, 0.2) is 5.82 Å². The molecule has 0 aliphatic carbocycles. The van der Waals surface area contributed by atoms with Crippen LogP contribution in [0.15, 0.2) is 23.5 Å². The molecule has 0 atom stereocenters. The first kappa shape index (κ1) is 14.6. The van der Waals surface area contributed by atoms with Crippen LogP contribution in [0, 0.1) is 12.8 Å². The lowest BCUT2D eigenvalue weighted by molar-refractivity contribution is 0.486. The van der Waals surface area contributed by atoms with Crippen LogP contribution < -0.4 is 5.14 Å². The van der Waals surface area contributed by atoms with Gasteiger partial charge in [0, 0.05) is 24.0 Å². The molecule has 2 heterocycles. The van der Waals surface area contributed by atoms with Gasteiger partial charge in [0.25, 0.3) is 15.2 Å². The fourth-order valence-corrected chi connectivity index (χ4v) is 2.55. The fourth-order valence-electron chi connectivity index (χ4n) is 1.93. The van der Waals surface area contributed by atoms with Crippen LogP contribution in [-0.2, 0) is 16.6 Å². The van der Waals surface area contributed by atoms with Crippen LogP contribution >= 0.6 is 0 Å². The second kappa shape index (κ2) is 5.29. The number of nitrogens with zero attached hydrogens (tertiary/aromatic N) is 4. The molecule has 2 rings (SSSR count). The third-order valence-corrected chi connectivity index (χ3v) is 3.48. The van der Waals surface area contributed by atoms with Gasteiger partial charge in [-0.15, -0.1) is 10.2 Å². The SMILES string of the molecule is Cc1cc(-c2nnc(S(N)(=O)=O)n2CC(C)C)ccn1. The van der Waals surface area contributed by atoms with Gasteiger partial charge in [0.05, 0.1) is 0 Å². The highest BCUT2D eigenvalue weighted by Gasteiger charge is 2.22.